The number of likely N-dealkylation sites (tertiary alicyclic amines) is 1. The van der Waals surface area contributed by atoms with Gasteiger partial charge >= 0.3 is 0 Å². The zero-order valence-electron chi connectivity index (χ0n) is 18.1. The van der Waals surface area contributed by atoms with E-state index in [-0.39, 0.29) is 11.3 Å². The fourth-order valence-corrected chi connectivity index (χ4v) is 4.42. The molecule has 0 unspecified atom stereocenters. The van der Waals surface area contributed by atoms with Gasteiger partial charge in [-0.25, -0.2) is 0 Å². The molecule has 0 aromatic heterocycles. The molecule has 1 amide bonds. The Hall–Kier alpha value is -2.58. The number of halogens is 2. The van der Waals surface area contributed by atoms with E-state index >= 15 is 0 Å². The molecule has 0 aliphatic carbocycles. The Balaban J connectivity index is 1.74. The number of ketones is 1. The van der Waals surface area contributed by atoms with Crippen molar-refractivity contribution >= 4 is 40.7 Å². The molecule has 2 aromatic rings. The zero-order chi connectivity index (χ0) is 23.5. The molecule has 2 fully saturated rings. The number of morpholine rings is 1. The molecule has 33 heavy (non-hydrogen) atoms. The molecule has 7 nitrogen and oxygen atoms in total. The molecule has 2 aliphatic rings. The Bertz CT molecular complexity index is 1080. The summed E-state index contributed by atoms with van der Waals surface area (Å²) in [5, 5.41) is 11.8. The molecule has 0 bridgehead atoms. The zero-order valence-corrected chi connectivity index (χ0v) is 19.6. The van der Waals surface area contributed by atoms with Crippen LogP contribution >= 0.6 is 23.2 Å². The Labute approximate surface area is 202 Å². The van der Waals surface area contributed by atoms with Gasteiger partial charge in [0.05, 0.1) is 42.0 Å². The number of amides is 1. The quantitative estimate of drug-likeness (QED) is 0.377. The number of Topliss-reactive ketones (excluding diaryl/α,β-unsaturated/α-hetero) is 1. The van der Waals surface area contributed by atoms with E-state index in [9.17, 15) is 14.7 Å². The average molecular weight is 491 g/mol. The predicted octanol–water partition coefficient (Wildman–Crippen LogP) is 3.76. The number of hydrogen-bond acceptors (Lipinski definition) is 6. The highest BCUT2D eigenvalue weighted by atomic mass is 35.5. The highest BCUT2D eigenvalue weighted by Gasteiger charge is 2.46. The molecule has 2 saturated heterocycles. The smallest absolute Gasteiger partial charge is 0.295 e. The largest absolute Gasteiger partial charge is 0.507 e. The van der Waals surface area contributed by atoms with Gasteiger partial charge in [-0.1, -0.05) is 29.3 Å². The average Bonchev–Trinajstić information content (AvgIpc) is 3.09. The lowest BCUT2D eigenvalue weighted by Gasteiger charge is -2.31. The van der Waals surface area contributed by atoms with Gasteiger partial charge in [-0.2, -0.15) is 0 Å². The van der Waals surface area contributed by atoms with Crippen LogP contribution in [0.25, 0.3) is 5.76 Å². The summed E-state index contributed by atoms with van der Waals surface area (Å²) in [6.45, 7) is 3.67. The second-order valence-electron chi connectivity index (χ2n) is 7.85. The molecular weight excluding hydrogens is 467 g/mol. The van der Waals surface area contributed by atoms with Gasteiger partial charge in [0, 0.05) is 31.7 Å². The standard InChI is InChI=1S/C24H24Cl2N2O5/c1-32-17-5-2-15(3-6-17)22(29)20-21(16-4-7-18(25)19(26)14-16)28(24(31)23(20)30)9-8-27-10-12-33-13-11-27/h2-7,14,21,29H,8-13H2,1H3/t21-/m0/s1. The van der Waals surface area contributed by atoms with Gasteiger partial charge in [0.15, 0.2) is 0 Å². The number of rotatable bonds is 6. The first-order valence-corrected chi connectivity index (χ1v) is 11.3. The van der Waals surface area contributed by atoms with Crippen molar-refractivity contribution in [3.8, 4) is 5.75 Å². The van der Waals surface area contributed by atoms with Crippen molar-refractivity contribution in [2.45, 2.75) is 6.04 Å². The fourth-order valence-electron chi connectivity index (χ4n) is 4.12. The monoisotopic (exact) mass is 490 g/mol. The Kier molecular flexibility index (Phi) is 7.24. The van der Waals surface area contributed by atoms with Gasteiger partial charge < -0.3 is 19.5 Å². The van der Waals surface area contributed by atoms with E-state index in [0.717, 1.165) is 13.1 Å². The first-order chi connectivity index (χ1) is 15.9. The van der Waals surface area contributed by atoms with Crippen LogP contribution in [0.5, 0.6) is 5.75 Å². The molecule has 2 heterocycles. The van der Waals surface area contributed by atoms with Crippen molar-refractivity contribution in [1.82, 2.24) is 9.80 Å². The lowest BCUT2D eigenvalue weighted by Crippen LogP contribution is -2.42. The van der Waals surface area contributed by atoms with Crippen molar-refractivity contribution in [3.05, 3.63) is 69.2 Å². The first kappa shape index (κ1) is 23.6. The molecule has 0 saturated carbocycles. The minimum Gasteiger partial charge on any atom is -0.507 e. The third-order valence-corrected chi connectivity index (χ3v) is 6.66. The minimum atomic E-state index is -0.789. The molecule has 0 radical (unpaired) electrons. The fraction of sp³-hybridized carbons (Fsp3) is 0.333. The van der Waals surface area contributed by atoms with E-state index < -0.39 is 17.7 Å². The summed E-state index contributed by atoms with van der Waals surface area (Å²) < 4.78 is 10.6. The predicted molar refractivity (Wildman–Crippen MR) is 126 cm³/mol. The number of methoxy groups -OCH3 is 1. The third kappa shape index (κ3) is 4.87. The molecule has 0 spiro atoms. The minimum absolute atomic E-state index is 0.0190. The van der Waals surface area contributed by atoms with Crippen LogP contribution in [-0.2, 0) is 14.3 Å². The van der Waals surface area contributed by atoms with Crippen molar-refractivity contribution < 1.29 is 24.2 Å². The third-order valence-electron chi connectivity index (χ3n) is 5.92. The second kappa shape index (κ2) is 10.1. The van der Waals surface area contributed by atoms with Crippen LogP contribution in [-0.4, -0.2) is 73.1 Å². The maximum Gasteiger partial charge on any atom is 0.295 e. The Morgan fingerprint density at radius 3 is 2.39 bits per heavy atom. The SMILES string of the molecule is COc1ccc(C(O)=C2C(=O)C(=O)N(CCN3CCOCC3)[C@H]2c2ccc(Cl)c(Cl)c2)cc1. The number of aliphatic hydroxyl groups is 1. The van der Waals surface area contributed by atoms with Gasteiger partial charge in [0.1, 0.15) is 11.5 Å². The summed E-state index contributed by atoms with van der Waals surface area (Å²) in [6, 6.07) is 10.8. The van der Waals surface area contributed by atoms with E-state index in [1.807, 2.05) is 0 Å². The van der Waals surface area contributed by atoms with Crippen molar-refractivity contribution in [2.75, 3.05) is 46.5 Å². The van der Waals surface area contributed by atoms with Crippen LogP contribution in [0.3, 0.4) is 0 Å². The van der Waals surface area contributed by atoms with Gasteiger partial charge in [-0.15, -0.1) is 0 Å². The van der Waals surface area contributed by atoms with E-state index in [0.29, 0.717) is 53.2 Å². The Morgan fingerprint density at radius 1 is 1.06 bits per heavy atom. The van der Waals surface area contributed by atoms with Crippen molar-refractivity contribution in [2.24, 2.45) is 0 Å². The van der Waals surface area contributed by atoms with Crippen LogP contribution in [0.15, 0.2) is 48.0 Å². The molecule has 174 valence electrons. The second-order valence-corrected chi connectivity index (χ2v) is 8.66. The topological polar surface area (TPSA) is 79.3 Å². The number of hydrogen-bond donors (Lipinski definition) is 1. The molecule has 9 heteroatoms. The van der Waals surface area contributed by atoms with E-state index in [2.05, 4.69) is 4.90 Å². The van der Waals surface area contributed by atoms with Gasteiger partial charge in [-0.05, 0) is 42.0 Å². The van der Waals surface area contributed by atoms with Crippen LogP contribution in [0.4, 0.5) is 0 Å². The van der Waals surface area contributed by atoms with Gasteiger partial charge in [-0.3, -0.25) is 14.5 Å². The summed E-state index contributed by atoms with van der Waals surface area (Å²) >= 11 is 12.4. The first-order valence-electron chi connectivity index (χ1n) is 10.6. The number of carbonyl (C=O) groups is 2. The Morgan fingerprint density at radius 2 is 1.76 bits per heavy atom. The normalized spacial score (nSPS) is 20.9. The van der Waals surface area contributed by atoms with Gasteiger partial charge in [0.25, 0.3) is 11.7 Å². The summed E-state index contributed by atoms with van der Waals surface area (Å²) in [5.41, 5.74) is 1.03. The number of aliphatic hydroxyl groups excluding tert-OH is 1. The summed E-state index contributed by atoms with van der Waals surface area (Å²) in [7, 11) is 1.54. The highest BCUT2D eigenvalue weighted by Crippen LogP contribution is 2.41. The van der Waals surface area contributed by atoms with Crippen molar-refractivity contribution in [1.29, 1.82) is 0 Å². The summed E-state index contributed by atoms with van der Waals surface area (Å²) in [4.78, 5) is 29.9. The number of nitrogens with zero attached hydrogens (tertiary/aromatic N) is 2. The number of ether oxygens (including phenoxy) is 2. The molecular formula is C24H24Cl2N2O5. The lowest BCUT2D eigenvalue weighted by molar-refractivity contribution is -0.140. The molecule has 2 aliphatic heterocycles. The maximum atomic E-state index is 13.1. The highest BCUT2D eigenvalue weighted by molar-refractivity contribution is 6.46. The maximum absolute atomic E-state index is 13.1. The van der Waals surface area contributed by atoms with Gasteiger partial charge in [0.2, 0.25) is 0 Å². The van der Waals surface area contributed by atoms with Crippen LogP contribution in [0.2, 0.25) is 10.0 Å². The number of carbonyl (C=O) groups excluding carboxylic acids is 2. The molecule has 2 aromatic carbocycles. The summed E-state index contributed by atoms with van der Waals surface area (Å²) in [5.74, 6) is -1.03. The molecule has 1 N–H and O–H groups in total. The molecule has 1 atom stereocenters. The van der Waals surface area contributed by atoms with Crippen LogP contribution in [0.1, 0.15) is 17.2 Å². The summed E-state index contributed by atoms with van der Waals surface area (Å²) in [6.07, 6.45) is 0. The van der Waals surface area contributed by atoms with E-state index in [4.69, 9.17) is 32.7 Å². The van der Waals surface area contributed by atoms with Crippen LogP contribution < -0.4 is 4.74 Å². The molecule has 4 rings (SSSR count). The lowest BCUT2D eigenvalue weighted by atomic mass is 9.95. The van der Waals surface area contributed by atoms with Crippen molar-refractivity contribution in [3.63, 3.8) is 0 Å². The van der Waals surface area contributed by atoms with E-state index in [1.54, 1.807) is 49.6 Å². The van der Waals surface area contributed by atoms with E-state index in [1.165, 1.54) is 4.90 Å². The van der Waals surface area contributed by atoms with Crippen LogP contribution in [0, 0.1) is 0 Å². The number of benzene rings is 2.